The summed E-state index contributed by atoms with van der Waals surface area (Å²) in [4.78, 5) is 28.8. The van der Waals surface area contributed by atoms with Crippen LogP contribution in [-0.4, -0.2) is 30.4 Å². The van der Waals surface area contributed by atoms with Gasteiger partial charge >= 0.3 is 5.97 Å². The van der Waals surface area contributed by atoms with Crippen LogP contribution in [0.2, 0.25) is 0 Å². The predicted octanol–water partition coefficient (Wildman–Crippen LogP) is 3.41. The lowest BCUT2D eigenvalue weighted by atomic mass is 10.1. The van der Waals surface area contributed by atoms with Gasteiger partial charge in [0.05, 0.1) is 0 Å². The van der Waals surface area contributed by atoms with E-state index >= 15 is 0 Å². The van der Waals surface area contributed by atoms with Gasteiger partial charge in [0.15, 0.2) is 5.96 Å². The summed E-state index contributed by atoms with van der Waals surface area (Å²) in [7, 11) is 0. The number of ether oxygens (including phenoxy) is 1. The van der Waals surface area contributed by atoms with E-state index in [4.69, 9.17) is 16.2 Å². The van der Waals surface area contributed by atoms with Crippen molar-refractivity contribution in [3.63, 3.8) is 0 Å². The fourth-order valence-corrected chi connectivity index (χ4v) is 3.09. The monoisotopic (exact) mass is 418 g/mol. The number of carbonyl (C=O) groups excluding carboxylic acids is 2. The van der Waals surface area contributed by atoms with Gasteiger partial charge in [0.1, 0.15) is 12.6 Å². The van der Waals surface area contributed by atoms with Crippen LogP contribution in [0.1, 0.15) is 76.7 Å². The van der Waals surface area contributed by atoms with E-state index in [1.54, 1.807) is 0 Å². The van der Waals surface area contributed by atoms with E-state index in [-0.39, 0.29) is 18.5 Å². The summed E-state index contributed by atoms with van der Waals surface area (Å²) >= 11 is 0. The number of esters is 1. The standard InChI is InChI=1S/C23H38N4O3/c1-2-3-4-5-6-7-11-16-21(28)27-20(15-12-17-26-23(24)25)22(29)30-18-19-13-9-8-10-14-19/h8-10,13-14,20H,2-7,11-12,15-18H2,1H3,(H,27,28)(H4,24,25,26)/t20-/m0/s1. The van der Waals surface area contributed by atoms with Crippen molar-refractivity contribution in [2.45, 2.75) is 83.8 Å². The van der Waals surface area contributed by atoms with E-state index in [0.717, 1.165) is 24.8 Å². The first-order chi connectivity index (χ1) is 14.5. The Morgan fingerprint density at radius 1 is 1.00 bits per heavy atom. The van der Waals surface area contributed by atoms with E-state index in [2.05, 4.69) is 17.2 Å². The van der Waals surface area contributed by atoms with E-state index in [1.165, 1.54) is 25.7 Å². The number of aliphatic imine (C=N–C) groups is 1. The van der Waals surface area contributed by atoms with E-state index in [9.17, 15) is 9.59 Å². The molecular formula is C23H38N4O3. The lowest BCUT2D eigenvalue weighted by Crippen LogP contribution is -2.41. The molecule has 0 aliphatic heterocycles. The number of hydrogen-bond acceptors (Lipinski definition) is 4. The third kappa shape index (κ3) is 12.8. The molecule has 0 aromatic heterocycles. The van der Waals surface area contributed by atoms with Gasteiger partial charge in [0.25, 0.3) is 0 Å². The van der Waals surface area contributed by atoms with E-state index in [1.807, 2.05) is 30.3 Å². The van der Waals surface area contributed by atoms with E-state index in [0.29, 0.717) is 25.8 Å². The van der Waals surface area contributed by atoms with Crippen molar-refractivity contribution >= 4 is 17.8 Å². The minimum absolute atomic E-state index is 0.0150. The summed E-state index contributed by atoms with van der Waals surface area (Å²) in [5, 5.41) is 2.83. The summed E-state index contributed by atoms with van der Waals surface area (Å²) in [6, 6.07) is 8.77. The SMILES string of the molecule is CCCCCCCCCC(=O)N[C@@H](CCCN=C(N)N)C(=O)OCc1ccccc1. The van der Waals surface area contributed by atoms with Crippen molar-refractivity contribution in [1.29, 1.82) is 0 Å². The molecule has 0 unspecified atom stereocenters. The van der Waals surface area contributed by atoms with Crippen molar-refractivity contribution < 1.29 is 14.3 Å². The number of hydrogen-bond donors (Lipinski definition) is 3. The van der Waals surface area contributed by atoms with Crippen molar-refractivity contribution in [1.82, 2.24) is 5.32 Å². The number of carbonyl (C=O) groups is 2. The van der Waals surface area contributed by atoms with Gasteiger partial charge in [-0.25, -0.2) is 4.79 Å². The van der Waals surface area contributed by atoms with Crippen molar-refractivity contribution in [2.24, 2.45) is 16.5 Å². The maximum atomic E-state index is 12.5. The van der Waals surface area contributed by atoms with Crippen LogP contribution in [0.4, 0.5) is 0 Å². The zero-order valence-corrected chi connectivity index (χ0v) is 18.3. The Balaban J connectivity index is 2.43. The fourth-order valence-electron chi connectivity index (χ4n) is 3.09. The van der Waals surface area contributed by atoms with Gasteiger partial charge < -0.3 is 21.5 Å². The van der Waals surface area contributed by atoms with Gasteiger partial charge in [-0.3, -0.25) is 9.79 Å². The van der Waals surface area contributed by atoms with Crippen LogP contribution in [0.25, 0.3) is 0 Å². The third-order valence-electron chi connectivity index (χ3n) is 4.80. The molecule has 1 rings (SSSR count). The number of amides is 1. The second kappa shape index (κ2) is 16.3. The molecule has 0 saturated carbocycles. The largest absolute Gasteiger partial charge is 0.459 e. The molecule has 7 nitrogen and oxygen atoms in total. The second-order valence-electron chi connectivity index (χ2n) is 7.53. The topological polar surface area (TPSA) is 120 Å². The highest BCUT2D eigenvalue weighted by Crippen LogP contribution is 2.10. The first-order valence-corrected chi connectivity index (χ1v) is 11.1. The second-order valence-corrected chi connectivity index (χ2v) is 7.53. The number of nitrogens with zero attached hydrogens (tertiary/aromatic N) is 1. The minimum Gasteiger partial charge on any atom is -0.459 e. The summed E-state index contributed by atoms with van der Waals surface area (Å²) < 4.78 is 5.41. The maximum absolute atomic E-state index is 12.5. The molecule has 168 valence electrons. The normalized spacial score (nSPS) is 11.5. The first-order valence-electron chi connectivity index (χ1n) is 11.1. The molecule has 7 heteroatoms. The lowest BCUT2D eigenvalue weighted by molar-refractivity contribution is -0.149. The van der Waals surface area contributed by atoms with Crippen LogP contribution in [0, 0.1) is 0 Å². The Bertz CT molecular complexity index is 631. The third-order valence-corrected chi connectivity index (χ3v) is 4.80. The summed E-state index contributed by atoms with van der Waals surface area (Å²) in [5.74, 6) is -0.537. The molecule has 1 atom stereocenters. The Morgan fingerprint density at radius 3 is 2.33 bits per heavy atom. The Morgan fingerprint density at radius 2 is 1.67 bits per heavy atom. The molecule has 5 N–H and O–H groups in total. The molecule has 1 amide bonds. The zero-order chi connectivity index (χ0) is 22.0. The Kier molecular flexibility index (Phi) is 13.8. The zero-order valence-electron chi connectivity index (χ0n) is 18.3. The highest BCUT2D eigenvalue weighted by molar-refractivity contribution is 5.84. The maximum Gasteiger partial charge on any atom is 0.328 e. The van der Waals surface area contributed by atoms with Crippen molar-refractivity contribution in [3.8, 4) is 0 Å². The quantitative estimate of drug-likeness (QED) is 0.164. The van der Waals surface area contributed by atoms with Gasteiger partial charge in [-0.2, -0.15) is 0 Å². The molecule has 0 aliphatic rings. The van der Waals surface area contributed by atoms with Gasteiger partial charge in [0.2, 0.25) is 5.91 Å². The molecule has 0 saturated heterocycles. The molecule has 0 aliphatic carbocycles. The van der Waals surface area contributed by atoms with Crippen LogP contribution in [-0.2, 0) is 20.9 Å². The molecule has 0 heterocycles. The van der Waals surface area contributed by atoms with Gasteiger partial charge in [-0.05, 0) is 24.8 Å². The summed E-state index contributed by atoms with van der Waals surface area (Å²) in [6.07, 6.45) is 9.40. The number of rotatable bonds is 16. The number of guanidine groups is 1. The van der Waals surface area contributed by atoms with Gasteiger partial charge in [0, 0.05) is 13.0 Å². The summed E-state index contributed by atoms with van der Waals surface area (Å²) in [5.41, 5.74) is 11.6. The highest BCUT2D eigenvalue weighted by Gasteiger charge is 2.21. The van der Waals surface area contributed by atoms with Gasteiger partial charge in [-0.15, -0.1) is 0 Å². The number of nitrogens with two attached hydrogens (primary N) is 2. The highest BCUT2D eigenvalue weighted by atomic mass is 16.5. The number of unbranched alkanes of at least 4 members (excludes halogenated alkanes) is 6. The number of nitrogens with one attached hydrogen (secondary N) is 1. The van der Waals surface area contributed by atoms with Crippen LogP contribution in [0.3, 0.4) is 0 Å². The molecule has 1 aromatic rings. The van der Waals surface area contributed by atoms with Gasteiger partial charge in [-0.1, -0.05) is 75.8 Å². The van der Waals surface area contributed by atoms with Crippen molar-refractivity contribution in [2.75, 3.05) is 6.54 Å². The first kappa shape index (κ1) is 25.5. The average Bonchev–Trinajstić information content (AvgIpc) is 2.74. The molecule has 1 aromatic carbocycles. The lowest BCUT2D eigenvalue weighted by Gasteiger charge is -2.17. The van der Waals surface area contributed by atoms with Crippen LogP contribution in [0.5, 0.6) is 0 Å². The molecule has 0 spiro atoms. The molecular weight excluding hydrogens is 380 g/mol. The molecule has 30 heavy (non-hydrogen) atoms. The van der Waals surface area contributed by atoms with E-state index < -0.39 is 12.0 Å². The fraction of sp³-hybridized carbons (Fsp3) is 0.609. The molecule has 0 bridgehead atoms. The Hall–Kier alpha value is -2.57. The minimum atomic E-state index is -0.694. The molecule has 0 fully saturated rings. The predicted molar refractivity (Wildman–Crippen MR) is 121 cm³/mol. The summed E-state index contributed by atoms with van der Waals surface area (Å²) in [6.45, 7) is 2.78. The van der Waals surface area contributed by atoms with Crippen LogP contribution in [0.15, 0.2) is 35.3 Å². The smallest absolute Gasteiger partial charge is 0.328 e. The van der Waals surface area contributed by atoms with Crippen LogP contribution < -0.4 is 16.8 Å². The molecule has 0 radical (unpaired) electrons. The van der Waals surface area contributed by atoms with Crippen LogP contribution >= 0.6 is 0 Å². The Labute approximate surface area is 180 Å². The number of benzene rings is 1. The van der Waals surface area contributed by atoms with Crippen molar-refractivity contribution in [3.05, 3.63) is 35.9 Å². The average molecular weight is 419 g/mol.